The first-order chi connectivity index (χ1) is 8.06. The first kappa shape index (κ1) is 14.5. The van der Waals surface area contributed by atoms with E-state index in [1.807, 2.05) is 4.90 Å². The van der Waals surface area contributed by atoms with Crippen LogP contribution in [0.1, 0.15) is 40.0 Å². The summed E-state index contributed by atoms with van der Waals surface area (Å²) in [6.07, 6.45) is 3.57. The summed E-state index contributed by atoms with van der Waals surface area (Å²) in [5.41, 5.74) is 0. The average molecular weight is 242 g/mol. The highest BCUT2D eigenvalue weighted by Gasteiger charge is 2.25. The molecule has 0 aromatic rings. The zero-order chi connectivity index (χ0) is 12.8. The number of carbonyl (C=O) groups is 1. The molecule has 0 aliphatic carbocycles. The second kappa shape index (κ2) is 6.97. The van der Waals surface area contributed by atoms with Gasteiger partial charge in [-0.05, 0) is 33.2 Å². The van der Waals surface area contributed by atoms with E-state index < -0.39 is 0 Å². The van der Waals surface area contributed by atoms with Crippen LogP contribution in [0, 0.1) is 0 Å². The van der Waals surface area contributed by atoms with E-state index in [4.69, 9.17) is 5.11 Å². The number of aliphatic hydroxyl groups is 1. The Hall–Kier alpha value is -0.610. The summed E-state index contributed by atoms with van der Waals surface area (Å²) in [7, 11) is 0. The summed E-state index contributed by atoms with van der Waals surface area (Å²) in [5, 5.41) is 9.07. The minimum Gasteiger partial charge on any atom is -0.395 e. The number of carbonyl (C=O) groups excluding carboxylic acids is 1. The minimum atomic E-state index is 0.148. The highest BCUT2D eigenvalue weighted by atomic mass is 16.3. The van der Waals surface area contributed by atoms with Crippen LogP contribution in [0.3, 0.4) is 0 Å². The molecule has 0 unspecified atom stereocenters. The van der Waals surface area contributed by atoms with Crippen molar-refractivity contribution in [3.63, 3.8) is 0 Å². The highest BCUT2D eigenvalue weighted by Crippen LogP contribution is 2.18. The van der Waals surface area contributed by atoms with E-state index in [-0.39, 0.29) is 18.6 Å². The Bertz CT molecular complexity index is 242. The lowest BCUT2D eigenvalue weighted by atomic mass is 10.0. The average Bonchev–Trinajstić information content (AvgIpc) is 2.27. The van der Waals surface area contributed by atoms with E-state index >= 15 is 0 Å². The molecule has 0 saturated carbocycles. The van der Waals surface area contributed by atoms with Crippen molar-refractivity contribution >= 4 is 5.91 Å². The minimum absolute atomic E-state index is 0.148. The van der Waals surface area contributed by atoms with Crippen molar-refractivity contribution in [1.29, 1.82) is 0 Å². The van der Waals surface area contributed by atoms with Gasteiger partial charge in [-0.3, -0.25) is 9.69 Å². The van der Waals surface area contributed by atoms with Crippen LogP contribution >= 0.6 is 0 Å². The summed E-state index contributed by atoms with van der Waals surface area (Å²) >= 11 is 0. The van der Waals surface area contributed by atoms with Crippen molar-refractivity contribution in [3.8, 4) is 0 Å². The quantitative estimate of drug-likeness (QED) is 0.785. The number of nitrogens with zero attached hydrogens (tertiary/aromatic N) is 2. The zero-order valence-electron chi connectivity index (χ0n) is 11.4. The summed E-state index contributed by atoms with van der Waals surface area (Å²) in [5.74, 6) is 0.148. The number of likely N-dealkylation sites (tertiary alicyclic amines) is 1. The fourth-order valence-corrected chi connectivity index (χ4v) is 2.62. The topological polar surface area (TPSA) is 43.8 Å². The number of piperidine rings is 1. The molecular formula is C13H26N2O2. The molecule has 1 aliphatic rings. The molecule has 4 heteroatoms. The molecule has 1 amide bonds. The maximum Gasteiger partial charge on any atom is 0.219 e. The Morgan fingerprint density at radius 1 is 1.47 bits per heavy atom. The van der Waals surface area contributed by atoms with Gasteiger partial charge in [0.2, 0.25) is 5.91 Å². The third-order valence-corrected chi connectivity index (χ3v) is 3.57. The van der Waals surface area contributed by atoms with Gasteiger partial charge in [0.05, 0.1) is 6.61 Å². The van der Waals surface area contributed by atoms with Gasteiger partial charge in [-0.25, -0.2) is 0 Å². The maximum atomic E-state index is 11.6. The van der Waals surface area contributed by atoms with E-state index in [9.17, 15) is 4.79 Å². The van der Waals surface area contributed by atoms with E-state index in [0.717, 1.165) is 26.1 Å². The Kier molecular flexibility index (Phi) is 5.92. The Balaban J connectivity index is 2.58. The molecule has 17 heavy (non-hydrogen) atoms. The Labute approximate surface area is 105 Å². The molecule has 1 saturated heterocycles. The second-order valence-corrected chi connectivity index (χ2v) is 5.17. The first-order valence-electron chi connectivity index (χ1n) is 6.68. The van der Waals surface area contributed by atoms with Crippen molar-refractivity contribution in [2.24, 2.45) is 0 Å². The number of aliphatic hydroxyl groups excluding tert-OH is 1. The van der Waals surface area contributed by atoms with Crippen LogP contribution < -0.4 is 0 Å². The fourth-order valence-electron chi connectivity index (χ4n) is 2.62. The molecule has 0 radical (unpaired) electrons. The second-order valence-electron chi connectivity index (χ2n) is 5.17. The molecule has 1 N–H and O–H groups in total. The molecule has 1 atom stereocenters. The molecule has 0 aromatic carbocycles. The smallest absolute Gasteiger partial charge is 0.219 e. The molecule has 4 nitrogen and oxygen atoms in total. The molecule has 0 bridgehead atoms. The predicted octanol–water partition coefficient (Wildman–Crippen LogP) is 1.09. The lowest BCUT2D eigenvalue weighted by Gasteiger charge is -2.39. The molecule has 1 aliphatic heterocycles. The van der Waals surface area contributed by atoms with Crippen molar-refractivity contribution in [3.05, 3.63) is 0 Å². The molecule has 100 valence electrons. The van der Waals surface area contributed by atoms with Gasteiger partial charge in [-0.15, -0.1) is 0 Å². The van der Waals surface area contributed by atoms with E-state index in [2.05, 4.69) is 18.7 Å². The number of amides is 1. The van der Waals surface area contributed by atoms with Crippen molar-refractivity contribution in [1.82, 2.24) is 9.80 Å². The maximum absolute atomic E-state index is 11.6. The van der Waals surface area contributed by atoms with Gasteiger partial charge in [0.25, 0.3) is 0 Å². The summed E-state index contributed by atoms with van der Waals surface area (Å²) in [6, 6.07) is 0.674. The van der Waals surface area contributed by atoms with Crippen LogP contribution in [0.15, 0.2) is 0 Å². The SMILES string of the molecule is CC(=O)N(C[C@@H]1CCCCN1CCO)C(C)C. The summed E-state index contributed by atoms with van der Waals surface area (Å²) in [6.45, 7) is 8.54. The predicted molar refractivity (Wildman–Crippen MR) is 68.8 cm³/mol. The lowest BCUT2D eigenvalue weighted by molar-refractivity contribution is -0.131. The molecule has 1 fully saturated rings. The van der Waals surface area contributed by atoms with E-state index in [1.165, 1.54) is 12.8 Å². The first-order valence-corrected chi connectivity index (χ1v) is 6.68. The van der Waals surface area contributed by atoms with Gasteiger partial charge in [0, 0.05) is 32.1 Å². The van der Waals surface area contributed by atoms with E-state index in [1.54, 1.807) is 6.92 Å². The highest BCUT2D eigenvalue weighted by molar-refractivity contribution is 5.73. The molecule has 1 heterocycles. The van der Waals surface area contributed by atoms with Gasteiger partial charge < -0.3 is 10.0 Å². The lowest BCUT2D eigenvalue weighted by Crippen LogP contribution is -2.50. The van der Waals surface area contributed by atoms with Crippen molar-refractivity contribution in [2.45, 2.75) is 52.1 Å². The van der Waals surface area contributed by atoms with Gasteiger partial charge in [0.15, 0.2) is 0 Å². The van der Waals surface area contributed by atoms with Crippen LogP contribution in [0.5, 0.6) is 0 Å². The van der Waals surface area contributed by atoms with E-state index in [0.29, 0.717) is 6.04 Å². The van der Waals surface area contributed by atoms with Crippen molar-refractivity contribution < 1.29 is 9.90 Å². The molecular weight excluding hydrogens is 216 g/mol. The fraction of sp³-hybridized carbons (Fsp3) is 0.923. The van der Waals surface area contributed by atoms with Crippen LogP contribution in [-0.4, -0.2) is 59.1 Å². The van der Waals surface area contributed by atoms with Gasteiger partial charge in [0.1, 0.15) is 0 Å². The molecule has 0 aromatic heterocycles. The summed E-state index contributed by atoms with van der Waals surface area (Å²) in [4.78, 5) is 15.8. The molecule has 0 spiro atoms. The van der Waals surface area contributed by atoms with Gasteiger partial charge in [-0.2, -0.15) is 0 Å². The largest absolute Gasteiger partial charge is 0.395 e. The van der Waals surface area contributed by atoms with Crippen LogP contribution in [0.2, 0.25) is 0 Å². The number of hydrogen-bond acceptors (Lipinski definition) is 3. The molecule has 1 rings (SSSR count). The zero-order valence-corrected chi connectivity index (χ0v) is 11.4. The Morgan fingerprint density at radius 3 is 2.71 bits per heavy atom. The monoisotopic (exact) mass is 242 g/mol. The summed E-state index contributed by atoms with van der Waals surface area (Å²) < 4.78 is 0. The van der Waals surface area contributed by atoms with Crippen molar-refractivity contribution in [2.75, 3.05) is 26.2 Å². The number of β-amino-alcohol motifs (C(OH)–C–C–N with tert-alkyl or cyclic N) is 1. The normalized spacial score (nSPS) is 21.8. The Morgan fingerprint density at radius 2 is 2.18 bits per heavy atom. The van der Waals surface area contributed by atoms with Crippen LogP contribution in [0.4, 0.5) is 0 Å². The van der Waals surface area contributed by atoms with Gasteiger partial charge >= 0.3 is 0 Å². The third-order valence-electron chi connectivity index (χ3n) is 3.57. The van der Waals surface area contributed by atoms with Crippen LogP contribution in [-0.2, 0) is 4.79 Å². The van der Waals surface area contributed by atoms with Crippen LogP contribution in [0.25, 0.3) is 0 Å². The van der Waals surface area contributed by atoms with Gasteiger partial charge in [-0.1, -0.05) is 6.42 Å². The third kappa shape index (κ3) is 4.28. The number of hydrogen-bond donors (Lipinski definition) is 1. The standard InChI is InChI=1S/C13H26N2O2/c1-11(2)15(12(3)17)10-13-6-4-5-7-14(13)8-9-16/h11,13,16H,4-10H2,1-3H3/t13-/m0/s1. The number of rotatable bonds is 5.